The lowest BCUT2D eigenvalue weighted by Gasteiger charge is -2.01. The third-order valence-corrected chi connectivity index (χ3v) is 4.29. The molecule has 0 fully saturated rings. The van der Waals surface area contributed by atoms with Gasteiger partial charge in [0.15, 0.2) is 22.0 Å². The molecule has 0 atom stereocenters. The van der Waals surface area contributed by atoms with Crippen molar-refractivity contribution in [3.8, 4) is 10.9 Å². The highest BCUT2D eigenvalue weighted by atomic mass is 32.1. The van der Waals surface area contributed by atoms with Crippen molar-refractivity contribution in [2.24, 2.45) is 0 Å². The average Bonchev–Trinajstić information content (AvgIpc) is 3.10. The number of halogens is 2. The number of hydrogen-bond acceptors (Lipinski definition) is 5. The minimum atomic E-state index is -1.00. The van der Waals surface area contributed by atoms with Crippen molar-refractivity contribution in [2.75, 3.05) is 0 Å². The Morgan fingerprint density at radius 3 is 2.91 bits per heavy atom. The van der Waals surface area contributed by atoms with Gasteiger partial charge in [0.2, 0.25) is 0 Å². The van der Waals surface area contributed by atoms with Crippen molar-refractivity contribution in [3.05, 3.63) is 46.0 Å². The molecule has 0 amide bonds. The molecule has 1 aliphatic heterocycles. The molecule has 3 heterocycles. The molecule has 0 N–H and O–H groups in total. The molecule has 0 radical (unpaired) electrons. The molecular weight excluding hydrogens is 312 g/mol. The van der Waals surface area contributed by atoms with Gasteiger partial charge in [-0.25, -0.2) is 13.8 Å². The van der Waals surface area contributed by atoms with Crippen LogP contribution in [-0.2, 0) is 13.0 Å². The highest BCUT2D eigenvalue weighted by Gasteiger charge is 2.19. The van der Waals surface area contributed by atoms with E-state index in [2.05, 4.69) is 9.97 Å². The lowest BCUT2D eigenvalue weighted by Crippen LogP contribution is -2.20. The van der Waals surface area contributed by atoms with Gasteiger partial charge in [0.25, 0.3) is 10.8 Å². The molecule has 0 unspecified atom stereocenters. The van der Waals surface area contributed by atoms with Crippen LogP contribution in [0.5, 0.6) is 10.9 Å². The van der Waals surface area contributed by atoms with Crippen LogP contribution in [0.4, 0.5) is 8.78 Å². The lowest BCUT2D eigenvalue weighted by molar-refractivity contribution is 0.460. The van der Waals surface area contributed by atoms with Crippen LogP contribution >= 0.6 is 11.3 Å². The van der Waals surface area contributed by atoms with E-state index in [1.165, 1.54) is 6.07 Å². The topological polar surface area (TPSA) is 57.0 Å². The van der Waals surface area contributed by atoms with Gasteiger partial charge in [-0.05, 0) is 18.6 Å². The molecule has 0 spiro atoms. The van der Waals surface area contributed by atoms with E-state index < -0.39 is 11.6 Å². The zero-order valence-electron chi connectivity index (χ0n) is 11.2. The molecule has 0 bridgehead atoms. The Balaban J connectivity index is 1.75. The van der Waals surface area contributed by atoms with Gasteiger partial charge in [0.1, 0.15) is 11.6 Å². The molecule has 0 saturated heterocycles. The molecule has 8 heteroatoms. The van der Waals surface area contributed by atoms with E-state index >= 15 is 0 Å². The number of ether oxygens (including phenoxy) is 1. The highest BCUT2D eigenvalue weighted by Crippen LogP contribution is 2.30. The maximum Gasteiger partial charge on any atom is 0.281 e. The smallest absolute Gasteiger partial charge is 0.281 e. The minimum Gasteiger partial charge on any atom is -0.431 e. The second kappa shape index (κ2) is 4.84. The molecule has 2 aromatic heterocycles. The number of rotatable bonds is 2. The highest BCUT2D eigenvalue weighted by molar-refractivity contribution is 7.19. The number of aryl methyl sites for hydroxylation is 1. The quantitative estimate of drug-likeness (QED) is 0.728. The summed E-state index contributed by atoms with van der Waals surface area (Å²) in [5, 5.41) is 0.176. The standard InChI is InChI=1S/C14H9F2N3O2S/c15-8-4-3-7(6-9(8)16)21-14-18-11-12(22-14)17-10-2-1-5-19(10)13(11)20/h3-4,6H,1-2,5H2. The summed E-state index contributed by atoms with van der Waals surface area (Å²) < 4.78 is 33.1. The molecule has 112 valence electrons. The van der Waals surface area contributed by atoms with E-state index in [-0.39, 0.29) is 22.0 Å². The van der Waals surface area contributed by atoms with Gasteiger partial charge in [-0.3, -0.25) is 9.36 Å². The predicted molar refractivity (Wildman–Crippen MR) is 76.4 cm³/mol. The number of benzene rings is 1. The van der Waals surface area contributed by atoms with Crippen LogP contribution in [0.1, 0.15) is 12.2 Å². The molecule has 4 rings (SSSR count). The van der Waals surface area contributed by atoms with E-state index in [9.17, 15) is 13.6 Å². The van der Waals surface area contributed by atoms with Gasteiger partial charge < -0.3 is 4.74 Å². The van der Waals surface area contributed by atoms with Crippen LogP contribution in [0.15, 0.2) is 23.0 Å². The normalized spacial score (nSPS) is 13.5. The zero-order valence-corrected chi connectivity index (χ0v) is 12.0. The molecule has 0 saturated carbocycles. The predicted octanol–water partition coefficient (Wildman–Crippen LogP) is 2.87. The first-order valence-electron chi connectivity index (χ1n) is 6.65. The SMILES string of the molecule is O=c1c2nc(Oc3ccc(F)c(F)c3)sc2nc2n1CCC2. The second-order valence-corrected chi connectivity index (χ2v) is 5.84. The number of fused-ring (bicyclic) bond motifs is 2. The Morgan fingerprint density at radius 1 is 1.23 bits per heavy atom. The monoisotopic (exact) mass is 321 g/mol. The molecule has 5 nitrogen and oxygen atoms in total. The van der Waals surface area contributed by atoms with Crippen molar-refractivity contribution in [2.45, 2.75) is 19.4 Å². The Hall–Kier alpha value is -2.35. The van der Waals surface area contributed by atoms with Crippen molar-refractivity contribution < 1.29 is 13.5 Å². The van der Waals surface area contributed by atoms with Crippen molar-refractivity contribution >= 4 is 21.7 Å². The van der Waals surface area contributed by atoms with Crippen LogP contribution in [0.2, 0.25) is 0 Å². The van der Waals surface area contributed by atoms with Crippen LogP contribution in [0, 0.1) is 11.6 Å². The molecule has 1 aromatic carbocycles. The third-order valence-electron chi connectivity index (χ3n) is 3.46. The van der Waals surface area contributed by atoms with Gasteiger partial charge in [0.05, 0.1) is 0 Å². The van der Waals surface area contributed by atoms with Gasteiger partial charge >= 0.3 is 0 Å². The third kappa shape index (κ3) is 2.07. The molecule has 22 heavy (non-hydrogen) atoms. The summed E-state index contributed by atoms with van der Waals surface area (Å²) in [6.45, 7) is 0.647. The molecule has 1 aliphatic rings. The Bertz CT molecular complexity index is 951. The van der Waals surface area contributed by atoms with Crippen molar-refractivity contribution in [1.82, 2.24) is 14.5 Å². The van der Waals surface area contributed by atoms with Gasteiger partial charge in [-0.2, -0.15) is 4.98 Å². The summed E-state index contributed by atoms with van der Waals surface area (Å²) in [6.07, 6.45) is 1.67. The zero-order chi connectivity index (χ0) is 15.3. The lowest BCUT2D eigenvalue weighted by atomic mass is 10.3. The van der Waals surface area contributed by atoms with Crippen molar-refractivity contribution in [3.63, 3.8) is 0 Å². The van der Waals surface area contributed by atoms with Crippen LogP contribution in [0.25, 0.3) is 10.3 Å². The first-order chi connectivity index (χ1) is 10.6. The maximum atomic E-state index is 13.2. The number of aromatic nitrogens is 3. The van der Waals surface area contributed by atoms with Gasteiger partial charge in [-0.1, -0.05) is 11.3 Å². The first-order valence-corrected chi connectivity index (χ1v) is 7.46. The molecule has 0 aliphatic carbocycles. The van der Waals surface area contributed by atoms with E-state index in [0.29, 0.717) is 11.4 Å². The fourth-order valence-electron chi connectivity index (χ4n) is 2.43. The number of nitrogens with zero attached hydrogens (tertiary/aromatic N) is 3. The second-order valence-electron chi connectivity index (χ2n) is 4.90. The largest absolute Gasteiger partial charge is 0.431 e. The van der Waals surface area contributed by atoms with E-state index in [0.717, 1.165) is 42.1 Å². The molecule has 3 aromatic rings. The maximum absolute atomic E-state index is 13.2. The fourth-order valence-corrected chi connectivity index (χ4v) is 3.25. The Kier molecular flexibility index (Phi) is 2.93. The summed E-state index contributed by atoms with van der Waals surface area (Å²) in [5.74, 6) is -1.09. The summed E-state index contributed by atoms with van der Waals surface area (Å²) in [4.78, 5) is 21.3. The summed E-state index contributed by atoms with van der Waals surface area (Å²) >= 11 is 1.11. The summed E-state index contributed by atoms with van der Waals surface area (Å²) in [6, 6.07) is 3.20. The van der Waals surface area contributed by atoms with Crippen LogP contribution < -0.4 is 10.3 Å². The average molecular weight is 321 g/mol. The Morgan fingerprint density at radius 2 is 2.09 bits per heavy atom. The number of thiazole rings is 1. The summed E-state index contributed by atoms with van der Waals surface area (Å²) in [7, 11) is 0. The van der Waals surface area contributed by atoms with E-state index in [1.807, 2.05) is 0 Å². The van der Waals surface area contributed by atoms with E-state index in [1.54, 1.807) is 4.57 Å². The minimum absolute atomic E-state index is 0.116. The van der Waals surface area contributed by atoms with Crippen molar-refractivity contribution in [1.29, 1.82) is 0 Å². The Labute approximate surface area is 126 Å². The first kappa shape index (κ1) is 13.3. The van der Waals surface area contributed by atoms with Crippen LogP contribution in [0.3, 0.4) is 0 Å². The van der Waals surface area contributed by atoms with E-state index in [4.69, 9.17) is 4.74 Å². The number of hydrogen-bond donors (Lipinski definition) is 0. The van der Waals surface area contributed by atoms with Crippen LogP contribution in [-0.4, -0.2) is 14.5 Å². The van der Waals surface area contributed by atoms with Gasteiger partial charge in [-0.15, -0.1) is 0 Å². The fraction of sp³-hybridized carbons (Fsp3) is 0.214. The van der Waals surface area contributed by atoms with Gasteiger partial charge in [0, 0.05) is 19.0 Å². The summed E-state index contributed by atoms with van der Waals surface area (Å²) in [5.41, 5.74) is 0.0575. The molecular formula is C14H9F2N3O2S.